The molecule has 0 saturated carbocycles. The molecule has 232 valence electrons. The van der Waals surface area contributed by atoms with Crippen molar-refractivity contribution < 1.29 is 37.3 Å². The summed E-state index contributed by atoms with van der Waals surface area (Å²) in [6.45, 7) is 1.04. The Kier molecular flexibility index (Phi) is 8.88. The van der Waals surface area contributed by atoms with Crippen molar-refractivity contribution in [3.63, 3.8) is 0 Å². The lowest BCUT2D eigenvalue weighted by Gasteiger charge is -2.34. The molecule has 5 atom stereocenters. The molecule has 0 unspecified atom stereocenters. The van der Waals surface area contributed by atoms with Gasteiger partial charge in [0, 0.05) is 43.7 Å². The van der Waals surface area contributed by atoms with Crippen molar-refractivity contribution in [3.05, 3.63) is 89.2 Å². The molecular weight excluding hydrogens is 575 g/mol. The predicted molar refractivity (Wildman–Crippen MR) is 155 cm³/mol. The highest BCUT2D eigenvalue weighted by Crippen LogP contribution is 2.31. The van der Waals surface area contributed by atoms with Crippen LogP contribution in [0.15, 0.2) is 60.7 Å². The largest absolute Gasteiger partial charge is 0.493 e. The van der Waals surface area contributed by atoms with Gasteiger partial charge in [-0.2, -0.15) is 0 Å². The highest BCUT2D eigenvalue weighted by atomic mass is 19.1. The van der Waals surface area contributed by atoms with Crippen LogP contribution in [0.4, 0.5) is 13.2 Å². The van der Waals surface area contributed by atoms with Crippen LogP contribution in [0, 0.1) is 17.5 Å². The summed E-state index contributed by atoms with van der Waals surface area (Å²) in [7, 11) is 0. The van der Waals surface area contributed by atoms with E-state index < -0.39 is 41.8 Å². The van der Waals surface area contributed by atoms with Crippen molar-refractivity contribution >= 4 is 11.8 Å². The summed E-state index contributed by atoms with van der Waals surface area (Å²) >= 11 is 0. The van der Waals surface area contributed by atoms with Gasteiger partial charge in [0.2, 0.25) is 5.91 Å². The second kappa shape index (κ2) is 13.0. The molecule has 3 aromatic carbocycles. The Bertz CT molecular complexity index is 1520. The lowest BCUT2D eigenvalue weighted by Crippen LogP contribution is -2.50. The van der Waals surface area contributed by atoms with Crippen LogP contribution >= 0.6 is 0 Å². The van der Waals surface area contributed by atoms with Crippen LogP contribution in [0.25, 0.3) is 11.1 Å². The zero-order valence-electron chi connectivity index (χ0n) is 24.0. The van der Waals surface area contributed by atoms with E-state index in [1.54, 1.807) is 30.3 Å². The summed E-state index contributed by atoms with van der Waals surface area (Å²) in [5.74, 6) is -2.22. The van der Waals surface area contributed by atoms with Gasteiger partial charge in [-0.1, -0.05) is 18.2 Å². The first-order valence-corrected chi connectivity index (χ1v) is 14.9. The van der Waals surface area contributed by atoms with Crippen molar-refractivity contribution in [3.8, 4) is 16.9 Å². The molecule has 0 spiro atoms. The van der Waals surface area contributed by atoms with E-state index in [0.717, 1.165) is 11.6 Å². The zero-order valence-corrected chi connectivity index (χ0v) is 24.0. The molecule has 8 nitrogen and oxygen atoms in total. The van der Waals surface area contributed by atoms with Gasteiger partial charge < -0.3 is 25.2 Å². The average Bonchev–Trinajstić information content (AvgIpc) is 3.39. The standard InChI is InChI=1S/C33H34F3N3O5/c34-21-4-1-19(2-5-21)17-39-18-23-15-28(39)33(42)37-16-31-29(40)10-7-24(44-31)11-12-43-30-13-20(3-8-26(30)32(41)38-23)25-9-6-22(35)14-27(25)36/h1-6,8-9,13-14,23-24,28-29,31,40H,7,10-12,15-18H2,(H,37,42)(H,38,41)/t23-,24-,28-,29-,31+/m0/s1. The third kappa shape index (κ3) is 6.74. The fourth-order valence-corrected chi connectivity index (χ4v) is 6.23. The second-order valence-electron chi connectivity index (χ2n) is 11.6. The van der Waals surface area contributed by atoms with E-state index in [9.17, 15) is 27.9 Å². The normalized spacial score (nSPS) is 26.3. The number of rotatable bonds is 3. The molecule has 0 radical (unpaired) electrons. The van der Waals surface area contributed by atoms with Crippen molar-refractivity contribution in [2.24, 2.45) is 0 Å². The minimum atomic E-state index is -0.737. The van der Waals surface area contributed by atoms with Crippen molar-refractivity contribution in [2.75, 3.05) is 19.7 Å². The highest BCUT2D eigenvalue weighted by molar-refractivity contribution is 5.98. The first kappa shape index (κ1) is 30.1. The van der Waals surface area contributed by atoms with E-state index in [4.69, 9.17) is 9.47 Å². The molecule has 3 aliphatic rings. The molecule has 3 aliphatic heterocycles. The molecule has 0 aliphatic carbocycles. The number of hydrogen-bond acceptors (Lipinski definition) is 6. The van der Waals surface area contributed by atoms with Crippen LogP contribution in [-0.4, -0.2) is 71.9 Å². The number of carbonyl (C=O) groups is 2. The van der Waals surface area contributed by atoms with Gasteiger partial charge in [0.1, 0.15) is 29.3 Å². The number of aliphatic hydroxyl groups is 1. The van der Waals surface area contributed by atoms with Crippen LogP contribution in [0.5, 0.6) is 5.75 Å². The van der Waals surface area contributed by atoms with Gasteiger partial charge in [-0.15, -0.1) is 0 Å². The number of carbonyl (C=O) groups excluding carboxylic acids is 2. The van der Waals surface area contributed by atoms with Crippen LogP contribution in [0.3, 0.4) is 0 Å². The molecule has 0 aromatic heterocycles. The molecule has 3 N–H and O–H groups in total. The van der Waals surface area contributed by atoms with Crippen LogP contribution < -0.4 is 15.4 Å². The van der Waals surface area contributed by atoms with Gasteiger partial charge in [0.05, 0.1) is 30.4 Å². The van der Waals surface area contributed by atoms with Crippen LogP contribution in [0.2, 0.25) is 0 Å². The summed E-state index contributed by atoms with van der Waals surface area (Å²) in [5.41, 5.74) is 1.64. The Balaban J connectivity index is 1.30. The number of nitrogens with one attached hydrogen (secondary N) is 2. The summed E-state index contributed by atoms with van der Waals surface area (Å²) in [5, 5.41) is 16.5. The van der Waals surface area contributed by atoms with Gasteiger partial charge in [-0.3, -0.25) is 14.5 Å². The van der Waals surface area contributed by atoms with E-state index >= 15 is 0 Å². The topological polar surface area (TPSA) is 100 Å². The van der Waals surface area contributed by atoms with Gasteiger partial charge in [-0.25, -0.2) is 13.2 Å². The Hall–Kier alpha value is -3.93. The second-order valence-corrected chi connectivity index (χ2v) is 11.6. The maximum absolute atomic E-state index is 14.6. The minimum Gasteiger partial charge on any atom is -0.493 e. The highest BCUT2D eigenvalue weighted by Gasteiger charge is 2.39. The molecule has 6 rings (SSSR count). The van der Waals surface area contributed by atoms with Crippen LogP contribution in [-0.2, 0) is 16.1 Å². The lowest BCUT2D eigenvalue weighted by atomic mass is 9.99. The first-order valence-electron chi connectivity index (χ1n) is 14.9. The summed E-state index contributed by atoms with van der Waals surface area (Å²) in [6, 6.07) is 13.1. The van der Waals surface area contributed by atoms with E-state index in [1.165, 1.54) is 24.3 Å². The molecule has 11 heteroatoms. The number of amides is 2. The molecule has 2 fully saturated rings. The van der Waals surface area contributed by atoms with Crippen LogP contribution in [0.1, 0.15) is 41.6 Å². The van der Waals surface area contributed by atoms with E-state index in [0.29, 0.717) is 44.3 Å². The van der Waals surface area contributed by atoms with Crippen molar-refractivity contribution in [2.45, 2.75) is 62.6 Å². The Morgan fingerprint density at radius 2 is 1.68 bits per heavy atom. The third-order valence-electron chi connectivity index (χ3n) is 8.56. The smallest absolute Gasteiger partial charge is 0.255 e. The molecule has 44 heavy (non-hydrogen) atoms. The summed E-state index contributed by atoms with van der Waals surface area (Å²) < 4.78 is 53.9. The van der Waals surface area contributed by atoms with E-state index in [-0.39, 0.29) is 47.9 Å². The third-order valence-corrected chi connectivity index (χ3v) is 8.56. The molecular formula is C33H34F3N3O5. The number of halogens is 3. The summed E-state index contributed by atoms with van der Waals surface area (Å²) in [4.78, 5) is 29.0. The minimum absolute atomic E-state index is 0.130. The fourth-order valence-electron chi connectivity index (χ4n) is 6.23. The average molecular weight is 610 g/mol. The first-order chi connectivity index (χ1) is 21.2. The lowest BCUT2D eigenvalue weighted by molar-refractivity contribution is -0.133. The number of hydrogen-bond donors (Lipinski definition) is 3. The van der Waals surface area contributed by atoms with Gasteiger partial charge in [0.25, 0.3) is 5.91 Å². The molecule has 4 bridgehead atoms. The van der Waals surface area contributed by atoms with Gasteiger partial charge >= 0.3 is 0 Å². The van der Waals surface area contributed by atoms with E-state index in [2.05, 4.69) is 10.6 Å². The monoisotopic (exact) mass is 609 g/mol. The summed E-state index contributed by atoms with van der Waals surface area (Å²) in [6.07, 6.45) is 0.321. The maximum atomic E-state index is 14.6. The quantitative estimate of drug-likeness (QED) is 0.416. The predicted octanol–water partition coefficient (Wildman–Crippen LogP) is 3.95. The number of ether oxygens (including phenoxy) is 2. The maximum Gasteiger partial charge on any atom is 0.255 e. The number of benzene rings is 3. The molecule has 3 heterocycles. The van der Waals surface area contributed by atoms with Gasteiger partial charge in [-0.05, 0) is 66.8 Å². The number of nitrogens with zero attached hydrogens (tertiary/aromatic N) is 1. The fraction of sp³-hybridized carbons (Fsp3) is 0.394. The Labute approximate surface area is 253 Å². The molecule has 3 aromatic rings. The molecule has 2 amide bonds. The Morgan fingerprint density at radius 3 is 2.48 bits per heavy atom. The van der Waals surface area contributed by atoms with E-state index in [1.807, 2.05) is 4.90 Å². The number of fused-ring (bicyclic) bond motifs is 5. The molecule has 2 saturated heterocycles. The number of aliphatic hydroxyl groups excluding tert-OH is 1. The zero-order chi connectivity index (χ0) is 30.8. The van der Waals surface area contributed by atoms with Gasteiger partial charge in [0.15, 0.2) is 0 Å². The Morgan fingerprint density at radius 1 is 0.909 bits per heavy atom. The SMILES string of the molecule is O=C1N[C@H]2C[C@@H](C(=O)NC[C@H]3O[C@H](CCOc4cc(-c5ccc(F)cc5F)ccc41)CC[C@@H]3O)N(Cc1ccc(F)cc1)C2. The number of likely N-dealkylation sites (tertiary alicyclic amines) is 1. The van der Waals surface area contributed by atoms with Crippen molar-refractivity contribution in [1.29, 1.82) is 0 Å². The van der Waals surface area contributed by atoms with Crippen molar-refractivity contribution in [1.82, 2.24) is 15.5 Å².